The maximum absolute atomic E-state index is 14.5. The molecule has 0 aliphatic heterocycles. The molecule has 0 spiro atoms. The maximum Gasteiger partial charge on any atom is 0.434 e. The van der Waals surface area contributed by atoms with Gasteiger partial charge in [0.25, 0.3) is 0 Å². The summed E-state index contributed by atoms with van der Waals surface area (Å²) >= 11 is 7.33. The number of benzene rings is 3. The Bertz CT molecular complexity index is 1580. The van der Waals surface area contributed by atoms with Gasteiger partial charge in [-0.15, -0.1) is 11.8 Å². The molecule has 1 heterocycles. The highest BCUT2D eigenvalue weighted by molar-refractivity contribution is 7.98. The number of aryl methyl sites for hydroxylation is 1. The van der Waals surface area contributed by atoms with Crippen molar-refractivity contribution >= 4 is 29.1 Å². The van der Waals surface area contributed by atoms with Crippen molar-refractivity contribution in [1.82, 2.24) is 9.55 Å². The highest BCUT2D eigenvalue weighted by atomic mass is 35.5. The van der Waals surface area contributed by atoms with E-state index in [1.165, 1.54) is 43.0 Å². The number of thioether (sulfide) groups is 1. The minimum absolute atomic E-state index is 0.0373. The van der Waals surface area contributed by atoms with Crippen LogP contribution >= 0.6 is 23.4 Å². The molecule has 1 aromatic heterocycles. The number of alkyl halides is 6. The molecule has 41 heavy (non-hydrogen) atoms. The zero-order valence-corrected chi connectivity index (χ0v) is 23.1. The monoisotopic (exact) mass is 612 g/mol. The number of nitrogens with zero attached hydrogens (tertiary/aromatic N) is 2. The van der Waals surface area contributed by atoms with Gasteiger partial charge < -0.3 is 20.7 Å². The summed E-state index contributed by atoms with van der Waals surface area (Å²) in [5.74, 6) is -0.0698. The van der Waals surface area contributed by atoms with Crippen LogP contribution in [0.2, 0.25) is 5.02 Å². The SMILES string of the molecule is CSc1cccc(-c2ccc(-n3cc(C(F)(F)F)nc3C)c(N/C(=C\N)C(O)(c3ccc(Cl)cc3)C(F)(F)F)c2)c1. The lowest BCUT2D eigenvalue weighted by Gasteiger charge is -2.34. The minimum Gasteiger partial charge on any atom is -0.403 e. The highest BCUT2D eigenvalue weighted by Crippen LogP contribution is 2.45. The van der Waals surface area contributed by atoms with E-state index in [4.69, 9.17) is 17.3 Å². The van der Waals surface area contributed by atoms with Crippen LogP contribution in [0.1, 0.15) is 17.1 Å². The third kappa shape index (κ3) is 6.04. The lowest BCUT2D eigenvalue weighted by molar-refractivity contribution is -0.249. The van der Waals surface area contributed by atoms with E-state index in [9.17, 15) is 31.4 Å². The number of nitrogens with one attached hydrogen (secondary N) is 1. The Labute approximate surface area is 240 Å². The third-order valence-electron chi connectivity index (χ3n) is 6.33. The van der Waals surface area contributed by atoms with Crippen molar-refractivity contribution in [3.8, 4) is 16.8 Å². The Morgan fingerprint density at radius 2 is 1.66 bits per heavy atom. The predicted octanol–water partition coefficient (Wildman–Crippen LogP) is 7.90. The van der Waals surface area contributed by atoms with E-state index in [-0.39, 0.29) is 22.2 Å². The predicted molar refractivity (Wildman–Crippen MR) is 148 cm³/mol. The van der Waals surface area contributed by atoms with Crippen LogP contribution in [0, 0.1) is 6.92 Å². The maximum atomic E-state index is 14.5. The molecule has 0 saturated heterocycles. The first kappa shape index (κ1) is 30.4. The first-order chi connectivity index (χ1) is 19.2. The molecular formula is C28H23ClF6N4OS. The number of hydrogen-bond acceptors (Lipinski definition) is 5. The van der Waals surface area contributed by atoms with Crippen LogP contribution in [0.25, 0.3) is 16.8 Å². The van der Waals surface area contributed by atoms with E-state index in [0.717, 1.165) is 27.8 Å². The molecule has 3 aromatic carbocycles. The number of halogens is 7. The average Bonchev–Trinajstić information content (AvgIpc) is 3.33. The zero-order chi connectivity index (χ0) is 30.2. The van der Waals surface area contributed by atoms with Gasteiger partial charge in [-0.2, -0.15) is 26.3 Å². The first-order valence-corrected chi connectivity index (χ1v) is 13.5. The van der Waals surface area contributed by atoms with Crippen molar-refractivity contribution in [2.24, 2.45) is 5.73 Å². The van der Waals surface area contributed by atoms with E-state index in [2.05, 4.69) is 10.3 Å². The second kappa shape index (κ2) is 11.3. The summed E-state index contributed by atoms with van der Waals surface area (Å²) < 4.78 is 85.0. The Kier molecular flexibility index (Phi) is 8.40. The standard InChI is InChI=1S/C28H23ClF6N4OS/c1-16-37-25(27(30,31)32)15-39(16)23-11-6-18(17-4-3-5-21(12-17)41-2)13-22(23)38-24(14-36)26(40,28(33,34)35)19-7-9-20(29)10-8-19/h3-15,38,40H,36H2,1-2H3/b24-14-. The second-order valence-electron chi connectivity index (χ2n) is 8.93. The van der Waals surface area contributed by atoms with Crippen LogP contribution in [0.3, 0.4) is 0 Å². The van der Waals surface area contributed by atoms with Crippen molar-refractivity contribution in [2.45, 2.75) is 29.8 Å². The van der Waals surface area contributed by atoms with Gasteiger partial charge in [-0.05, 0) is 66.3 Å². The number of anilines is 1. The summed E-state index contributed by atoms with van der Waals surface area (Å²) in [6.07, 6.45) is -6.84. The van der Waals surface area contributed by atoms with Gasteiger partial charge >= 0.3 is 12.4 Å². The number of hydrogen-bond donors (Lipinski definition) is 3. The Morgan fingerprint density at radius 3 is 2.22 bits per heavy atom. The van der Waals surface area contributed by atoms with Crippen LogP contribution in [-0.2, 0) is 11.8 Å². The zero-order valence-electron chi connectivity index (χ0n) is 21.5. The molecule has 0 radical (unpaired) electrons. The van der Waals surface area contributed by atoms with Crippen molar-refractivity contribution in [3.05, 3.63) is 107 Å². The molecule has 216 valence electrons. The van der Waals surface area contributed by atoms with E-state index in [1.54, 1.807) is 18.2 Å². The van der Waals surface area contributed by atoms with Crippen LogP contribution < -0.4 is 11.1 Å². The number of aliphatic hydroxyl groups is 1. The lowest BCUT2D eigenvalue weighted by atomic mass is 9.89. The van der Waals surface area contributed by atoms with Crippen LogP contribution in [-0.4, -0.2) is 27.1 Å². The largest absolute Gasteiger partial charge is 0.434 e. The van der Waals surface area contributed by atoms with Gasteiger partial charge in [0, 0.05) is 22.3 Å². The van der Waals surface area contributed by atoms with Crippen molar-refractivity contribution in [1.29, 1.82) is 0 Å². The van der Waals surface area contributed by atoms with Gasteiger partial charge in [0.2, 0.25) is 5.60 Å². The quantitative estimate of drug-likeness (QED) is 0.146. The minimum atomic E-state index is -5.27. The van der Waals surface area contributed by atoms with E-state index in [0.29, 0.717) is 17.3 Å². The second-order valence-corrected chi connectivity index (χ2v) is 10.2. The molecule has 5 nitrogen and oxygen atoms in total. The molecule has 0 saturated carbocycles. The van der Waals surface area contributed by atoms with E-state index >= 15 is 0 Å². The third-order valence-corrected chi connectivity index (χ3v) is 7.31. The lowest BCUT2D eigenvalue weighted by Crippen LogP contribution is -2.46. The van der Waals surface area contributed by atoms with Crippen molar-refractivity contribution < 1.29 is 31.4 Å². The average molecular weight is 613 g/mol. The number of rotatable bonds is 7. The summed E-state index contributed by atoms with van der Waals surface area (Å²) in [6, 6.07) is 16.2. The molecule has 4 aromatic rings. The molecular weight excluding hydrogens is 590 g/mol. The Balaban J connectivity index is 1.92. The Morgan fingerprint density at radius 1 is 1.00 bits per heavy atom. The summed E-state index contributed by atoms with van der Waals surface area (Å²) in [5, 5.41) is 13.9. The fourth-order valence-corrected chi connectivity index (χ4v) is 4.83. The van der Waals surface area contributed by atoms with Gasteiger partial charge in [-0.3, -0.25) is 0 Å². The molecule has 13 heteroatoms. The topological polar surface area (TPSA) is 76.1 Å². The molecule has 1 atom stereocenters. The normalized spacial score (nSPS) is 14.1. The van der Waals surface area contributed by atoms with Gasteiger partial charge in [-0.25, -0.2) is 4.98 Å². The summed E-state index contributed by atoms with van der Waals surface area (Å²) in [4.78, 5) is 4.49. The van der Waals surface area contributed by atoms with Gasteiger partial charge in [-0.1, -0.05) is 41.9 Å². The summed E-state index contributed by atoms with van der Waals surface area (Å²) in [6.45, 7) is 1.33. The summed E-state index contributed by atoms with van der Waals surface area (Å²) in [7, 11) is 0. The molecule has 0 aliphatic rings. The molecule has 0 fully saturated rings. The molecule has 0 amide bonds. The number of aromatic nitrogens is 2. The number of nitrogens with two attached hydrogens (primary N) is 1. The van der Waals surface area contributed by atoms with Crippen LogP contribution in [0.4, 0.5) is 32.0 Å². The van der Waals surface area contributed by atoms with Crippen LogP contribution in [0.15, 0.2) is 89.7 Å². The molecule has 1 unspecified atom stereocenters. The Hall–Kier alpha value is -3.61. The van der Waals surface area contributed by atoms with E-state index in [1.807, 2.05) is 18.4 Å². The fourth-order valence-electron chi connectivity index (χ4n) is 4.24. The van der Waals surface area contributed by atoms with Crippen LogP contribution in [0.5, 0.6) is 0 Å². The number of imidazole rings is 1. The molecule has 0 bridgehead atoms. The molecule has 0 aliphatic carbocycles. The van der Waals surface area contributed by atoms with Gasteiger partial charge in [0.15, 0.2) is 5.69 Å². The van der Waals surface area contributed by atoms with E-state index < -0.39 is 34.9 Å². The molecule has 4 N–H and O–H groups in total. The van der Waals surface area contributed by atoms with Gasteiger partial charge in [0.05, 0.1) is 17.1 Å². The highest BCUT2D eigenvalue weighted by Gasteiger charge is 2.58. The van der Waals surface area contributed by atoms with Crippen molar-refractivity contribution in [2.75, 3.05) is 11.6 Å². The first-order valence-electron chi connectivity index (χ1n) is 11.9. The summed E-state index contributed by atoms with van der Waals surface area (Å²) in [5.41, 5.74) is 0.601. The molecule has 4 rings (SSSR count). The van der Waals surface area contributed by atoms with Crippen molar-refractivity contribution in [3.63, 3.8) is 0 Å². The fraction of sp³-hybridized carbons (Fsp3) is 0.179. The smallest absolute Gasteiger partial charge is 0.403 e. The van der Waals surface area contributed by atoms with Gasteiger partial charge in [0.1, 0.15) is 5.82 Å².